The predicted molar refractivity (Wildman–Crippen MR) is 82.5 cm³/mol. The van der Waals surface area contributed by atoms with E-state index < -0.39 is 5.60 Å². The van der Waals surface area contributed by atoms with E-state index in [0.717, 1.165) is 31.5 Å². The van der Waals surface area contributed by atoms with E-state index in [0.29, 0.717) is 12.6 Å². The molecule has 2 rings (SSSR count). The summed E-state index contributed by atoms with van der Waals surface area (Å²) in [5.74, 6) is 0. The van der Waals surface area contributed by atoms with Crippen molar-refractivity contribution in [1.82, 2.24) is 9.80 Å². The Labute approximate surface area is 122 Å². The van der Waals surface area contributed by atoms with Crippen LogP contribution in [0.25, 0.3) is 0 Å². The van der Waals surface area contributed by atoms with Crippen molar-refractivity contribution in [2.75, 3.05) is 40.3 Å². The number of rotatable bonds is 5. The third-order valence-electron chi connectivity index (χ3n) is 4.47. The monoisotopic (exact) mass is 277 g/mol. The lowest BCUT2D eigenvalue weighted by Crippen LogP contribution is -2.50. The van der Waals surface area contributed by atoms with Gasteiger partial charge >= 0.3 is 0 Å². The van der Waals surface area contributed by atoms with Gasteiger partial charge in [-0.2, -0.15) is 0 Å². The number of likely N-dealkylation sites (tertiary alicyclic amines) is 1. The van der Waals surface area contributed by atoms with Crippen molar-refractivity contribution in [3.8, 4) is 0 Å². The van der Waals surface area contributed by atoms with Crippen molar-refractivity contribution in [3.05, 3.63) is 35.9 Å². The summed E-state index contributed by atoms with van der Waals surface area (Å²) in [5.41, 5.74) is 5.80. The lowest BCUT2D eigenvalue weighted by Gasteiger charge is -2.39. The maximum absolute atomic E-state index is 10.9. The van der Waals surface area contributed by atoms with Crippen LogP contribution in [-0.4, -0.2) is 61.2 Å². The van der Waals surface area contributed by atoms with E-state index in [4.69, 9.17) is 5.73 Å². The number of hydrogen-bond donors (Lipinski definition) is 2. The highest BCUT2D eigenvalue weighted by molar-refractivity contribution is 5.23. The second-order valence-corrected chi connectivity index (χ2v) is 6.05. The van der Waals surface area contributed by atoms with Crippen molar-refractivity contribution >= 4 is 0 Å². The number of piperidine rings is 1. The van der Waals surface area contributed by atoms with Crippen LogP contribution in [0, 0.1) is 0 Å². The molecule has 1 aromatic carbocycles. The molecule has 1 heterocycles. The highest BCUT2D eigenvalue weighted by atomic mass is 16.3. The van der Waals surface area contributed by atoms with Crippen LogP contribution in [0.5, 0.6) is 0 Å². The van der Waals surface area contributed by atoms with Crippen LogP contribution >= 0.6 is 0 Å². The molecule has 0 aromatic heterocycles. The van der Waals surface area contributed by atoms with E-state index in [1.165, 1.54) is 0 Å². The summed E-state index contributed by atoms with van der Waals surface area (Å²) in [6, 6.07) is 10.3. The van der Waals surface area contributed by atoms with E-state index in [1.54, 1.807) is 0 Å². The average Bonchev–Trinajstić information content (AvgIpc) is 2.48. The molecule has 1 aliphatic heterocycles. The van der Waals surface area contributed by atoms with Gasteiger partial charge in [0, 0.05) is 19.1 Å². The maximum Gasteiger partial charge on any atom is 0.114 e. The normalized spacial score (nSPS) is 21.1. The highest BCUT2D eigenvalue weighted by Crippen LogP contribution is 2.23. The topological polar surface area (TPSA) is 52.7 Å². The zero-order valence-corrected chi connectivity index (χ0v) is 12.6. The quantitative estimate of drug-likeness (QED) is 0.838. The highest BCUT2D eigenvalue weighted by Gasteiger charge is 2.32. The molecule has 0 amide bonds. The fourth-order valence-corrected chi connectivity index (χ4v) is 3.00. The minimum absolute atomic E-state index is 0.244. The number of nitrogens with zero attached hydrogens (tertiary/aromatic N) is 2. The van der Waals surface area contributed by atoms with E-state index in [-0.39, 0.29) is 6.54 Å². The van der Waals surface area contributed by atoms with Crippen molar-refractivity contribution in [3.63, 3.8) is 0 Å². The fraction of sp³-hybridized carbons (Fsp3) is 0.625. The summed E-state index contributed by atoms with van der Waals surface area (Å²) in [5, 5.41) is 10.9. The molecule has 0 bridgehead atoms. The molecule has 1 atom stereocenters. The van der Waals surface area contributed by atoms with Crippen LogP contribution in [0.1, 0.15) is 18.4 Å². The SMILES string of the molecule is CN1CCC(N(C)CC(O)(CN)c2ccccc2)CC1. The maximum atomic E-state index is 10.9. The Bertz CT molecular complexity index is 403. The second-order valence-electron chi connectivity index (χ2n) is 6.05. The summed E-state index contributed by atoms with van der Waals surface area (Å²) in [6.07, 6.45) is 2.31. The third kappa shape index (κ3) is 3.58. The number of nitrogens with two attached hydrogens (primary N) is 1. The Morgan fingerprint density at radius 3 is 2.45 bits per heavy atom. The molecule has 3 N–H and O–H groups in total. The van der Waals surface area contributed by atoms with Gasteiger partial charge in [-0.1, -0.05) is 30.3 Å². The molecule has 1 aliphatic rings. The first kappa shape index (κ1) is 15.4. The number of likely N-dealkylation sites (N-methyl/N-ethyl adjacent to an activating group) is 1. The van der Waals surface area contributed by atoms with Crippen molar-refractivity contribution in [2.24, 2.45) is 5.73 Å². The Kier molecular flexibility index (Phi) is 5.16. The van der Waals surface area contributed by atoms with Gasteiger partial charge in [0.1, 0.15) is 5.60 Å². The number of benzene rings is 1. The van der Waals surface area contributed by atoms with Crippen LogP contribution < -0.4 is 5.73 Å². The van der Waals surface area contributed by atoms with Crippen LogP contribution in [0.2, 0.25) is 0 Å². The standard InChI is InChI=1S/C16H27N3O/c1-18-10-8-15(9-11-18)19(2)13-16(20,12-17)14-6-4-3-5-7-14/h3-7,15,20H,8-13,17H2,1-2H3. The molecule has 0 aliphatic carbocycles. The lowest BCUT2D eigenvalue weighted by atomic mass is 9.92. The molecular formula is C16H27N3O. The molecule has 0 radical (unpaired) electrons. The van der Waals surface area contributed by atoms with E-state index in [1.807, 2.05) is 30.3 Å². The first-order chi connectivity index (χ1) is 9.55. The first-order valence-corrected chi connectivity index (χ1v) is 7.42. The van der Waals surface area contributed by atoms with Gasteiger partial charge in [-0.3, -0.25) is 0 Å². The van der Waals surface area contributed by atoms with E-state index in [2.05, 4.69) is 23.9 Å². The van der Waals surface area contributed by atoms with Crippen molar-refractivity contribution in [1.29, 1.82) is 0 Å². The molecule has 1 fully saturated rings. The van der Waals surface area contributed by atoms with Crippen molar-refractivity contribution < 1.29 is 5.11 Å². The van der Waals surface area contributed by atoms with Gasteiger partial charge in [0.2, 0.25) is 0 Å². The second kappa shape index (κ2) is 6.68. The Morgan fingerprint density at radius 2 is 1.90 bits per heavy atom. The van der Waals surface area contributed by atoms with Crippen LogP contribution in [-0.2, 0) is 5.60 Å². The molecule has 0 spiro atoms. The molecule has 0 saturated carbocycles. The Balaban J connectivity index is 2.02. The molecule has 1 saturated heterocycles. The fourth-order valence-electron chi connectivity index (χ4n) is 3.00. The summed E-state index contributed by atoms with van der Waals surface area (Å²) >= 11 is 0. The van der Waals surface area contributed by atoms with Gasteiger partial charge in [0.05, 0.1) is 0 Å². The zero-order chi connectivity index (χ0) is 14.6. The molecule has 1 unspecified atom stereocenters. The smallest absolute Gasteiger partial charge is 0.114 e. The minimum Gasteiger partial charge on any atom is -0.382 e. The molecule has 4 nitrogen and oxygen atoms in total. The van der Waals surface area contributed by atoms with Gasteiger partial charge in [-0.25, -0.2) is 0 Å². The number of hydrogen-bond acceptors (Lipinski definition) is 4. The van der Waals surface area contributed by atoms with Crippen LogP contribution in [0.15, 0.2) is 30.3 Å². The molecule has 20 heavy (non-hydrogen) atoms. The van der Waals surface area contributed by atoms with Crippen LogP contribution in [0.4, 0.5) is 0 Å². The molecule has 1 aromatic rings. The van der Waals surface area contributed by atoms with E-state index >= 15 is 0 Å². The van der Waals surface area contributed by atoms with Gasteiger partial charge in [-0.05, 0) is 45.6 Å². The van der Waals surface area contributed by atoms with Crippen LogP contribution in [0.3, 0.4) is 0 Å². The van der Waals surface area contributed by atoms with E-state index in [9.17, 15) is 5.11 Å². The molecule has 4 heteroatoms. The lowest BCUT2D eigenvalue weighted by molar-refractivity contribution is -0.00504. The minimum atomic E-state index is -0.959. The van der Waals surface area contributed by atoms with Gasteiger partial charge in [0.15, 0.2) is 0 Å². The summed E-state index contributed by atoms with van der Waals surface area (Å²) in [7, 11) is 4.26. The Hall–Kier alpha value is -0.940. The number of aliphatic hydroxyl groups is 1. The third-order valence-corrected chi connectivity index (χ3v) is 4.47. The zero-order valence-electron chi connectivity index (χ0n) is 12.6. The summed E-state index contributed by atoms with van der Waals surface area (Å²) in [6.45, 7) is 3.08. The van der Waals surface area contributed by atoms with Gasteiger partial charge in [-0.15, -0.1) is 0 Å². The first-order valence-electron chi connectivity index (χ1n) is 7.42. The summed E-state index contributed by atoms with van der Waals surface area (Å²) in [4.78, 5) is 4.63. The average molecular weight is 277 g/mol. The van der Waals surface area contributed by atoms with Crippen molar-refractivity contribution in [2.45, 2.75) is 24.5 Å². The molecular weight excluding hydrogens is 250 g/mol. The summed E-state index contributed by atoms with van der Waals surface area (Å²) < 4.78 is 0. The molecule has 112 valence electrons. The van der Waals surface area contributed by atoms with Gasteiger partial charge in [0.25, 0.3) is 0 Å². The van der Waals surface area contributed by atoms with Gasteiger partial charge < -0.3 is 20.6 Å². The largest absolute Gasteiger partial charge is 0.382 e. The predicted octanol–water partition coefficient (Wildman–Crippen LogP) is 0.859. The Morgan fingerprint density at radius 1 is 1.30 bits per heavy atom.